The normalized spacial score (nSPS) is 11.8. The fourth-order valence-corrected chi connectivity index (χ4v) is 5.06. The summed E-state index contributed by atoms with van der Waals surface area (Å²) in [7, 11) is 0. The number of nitrogens with zero attached hydrogens (tertiary/aromatic N) is 2. The van der Waals surface area contributed by atoms with E-state index in [0.717, 1.165) is 39.1 Å². The Bertz CT molecular complexity index is 1770. The first-order valence-electron chi connectivity index (χ1n) is 12.7. The second kappa shape index (κ2) is 9.95. The van der Waals surface area contributed by atoms with Gasteiger partial charge in [-0.15, -0.1) is 0 Å². The Kier molecular flexibility index (Phi) is 6.31. The lowest BCUT2D eigenvalue weighted by Crippen LogP contribution is -2.06. The molecule has 0 atom stereocenters. The van der Waals surface area contributed by atoms with Crippen molar-refractivity contribution in [2.45, 2.75) is 26.3 Å². The number of halogens is 3. The molecule has 5 aromatic carbocycles. The minimum Gasteiger partial charge on any atom is -0.489 e. The van der Waals surface area contributed by atoms with Crippen LogP contribution in [-0.2, 0) is 19.3 Å². The first kappa shape index (κ1) is 24.7. The van der Waals surface area contributed by atoms with Gasteiger partial charge in [0, 0.05) is 16.5 Å². The zero-order chi connectivity index (χ0) is 27.0. The maximum Gasteiger partial charge on any atom is 0.418 e. The molecule has 3 nitrogen and oxygen atoms in total. The second-order valence-electron chi connectivity index (χ2n) is 9.59. The number of hydrogen-bond acceptors (Lipinski definition) is 2. The third-order valence-electron chi connectivity index (χ3n) is 7.04. The number of fused-ring (bicyclic) bond motifs is 2. The van der Waals surface area contributed by atoms with E-state index in [-0.39, 0.29) is 5.52 Å². The number of hydrogen-bond donors (Lipinski definition) is 0. The third-order valence-corrected chi connectivity index (χ3v) is 7.04. The standard InChI is InChI=1S/C33H25F3N2O/c1-22-14-15-24-10-5-6-11-27(24)29(22)21-39-26-18-16-25(17-19-26)32-28-12-7-13-30(33(34,35)36)31(28)37-38(32)20-23-8-3-2-4-9-23/h2-19H,20-21H2,1H3. The number of rotatable bonds is 6. The van der Waals surface area contributed by atoms with Gasteiger partial charge in [0.1, 0.15) is 17.9 Å². The molecule has 39 heavy (non-hydrogen) atoms. The molecule has 0 spiro atoms. The molecule has 0 saturated heterocycles. The second-order valence-corrected chi connectivity index (χ2v) is 9.59. The van der Waals surface area contributed by atoms with Crippen LogP contribution in [-0.4, -0.2) is 9.78 Å². The Hall–Kier alpha value is -4.58. The van der Waals surface area contributed by atoms with Crippen LogP contribution in [0, 0.1) is 6.92 Å². The highest BCUT2D eigenvalue weighted by Gasteiger charge is 2.34. The van der Waals surface area contributed by atoms with Crippen molar-refractivity contribution in [2.24, 2.45) is 0 Å². The lowest BCUT2D eigenvalue weighted by Gasteiger charge is -2.13. The summed E-state index contributed by atoms with van der Waals surface area (Å²) >= 11 is 0. The van der Waals surface area contributed by atoms with Gasteiger partial charge in [-0.3, -0.25) is 4.68 Å². The Morgan fingerprint density at radius 2 is 1.46 bits per heavy atom. The quantitative estimate of drug-likeness (QED) is 0.219. The lowest BCUT2D eigenvalue weighted by molar-refractivity contribution is -0.136. The number of aryl methyl sites for hydroxylation is 1. The van der Waals surface area contributed by atoms with Crippen molar-refractivity contribution in [3.05, 3.63) is 131 Å². The number of alkyl halides is 3. The number of benzene rings is 5. The van der Waals surface area contributed by atoms with Crippen LogP contribution in [0.4, 0.5) is 13.2 Å². The minimum atomic E-state index is -4.50. The van der Waals surface area contributed by atoms with E-state index in [1.165, 1.54) is 6.07 Å². The topological polar surface area (TPSA) is 27.1 Å². The van der Waals surface area contributed by atoms with Gasteiger partial charge in [-0.25, -0.2) is 0 Å². The highest BCUT2D eigenvalue weighted by atomic mass is 19.4. The van der Waals surface area contributed by atoms with Crippen molar-refractivity contribution in [2.75, 3.05) is 0 Å². The first-order valence-corrected chi connectivity index (χ1v) is 12.7. The molecule has 6 rings (SSSR count). The molecular weight excluding hydrogens is 497 g/mol. The Morgan fingerprint density at radius 3 is 2.23 bits per heavy atom. The summed E-state index contributed by atoms with van der Waals surface area (Å²) in [6.07, 6.45) is -4.50. The van der Waals surface area contributed by atoms with Gasteiger partial charge in [0.15, 0.2) is 0 Å². The van der Waals surface area contributed by atoms with Crippen LogP contribution in [0.1, 0.15) is 22.3 Å². The van der Waals surface area contributed by atoms with E-state index in [0.29, 0.717) is 30.0 Å². The average molecular weight is 523 g/mol. The Balaban J connectivity index is 1.36. The third kappa shape index (κ3) is 4.86. The van der Waals surface area contributed by atoms with Crippen molar-refractivity contribution in [3.8, 4) is 17.0 Å². The first-order chi connectivity index (χ1) is 18.9. The van der Waals surface area contributed by atoms with Crippen LogP contribution in [0.5, 0.6) is 5.75 Å². The maximum absolute atomic E-state index is 13.8. The van der Waals surface area contributed by atoms with E-state index in [1.807, 2.05) is 66.7 Å². The highest BCUT2D eigenvalue weighted by Crippen LogP contribution is 2.38. The molecule has 0 fully saturated rings. The lowest BCUT2D eigenvalue weighted by atomic mass is 10.0. The molecular formula is C33H25F3N2O. The van der Waals surface area contributed by atoms with Gasteiger partial charge < -0.3 is 4.74 Å². The molecule has 6 heteroatoms. The molecule has 0 aliphatic carbocycles. The van der Waals surface area contributed by atoms with Gasteiger partial charge in [-0.05, 0) is 59.2 Å². The Labute approximate surface area is 224 Å². The largest absolute Gasteiger partial charge is 0.489 e. The monoisotopic (exact) mass is 522 g/mol. The van der Waals surface area contributed by atoms with Gasteiger partial charge in [-0.1, -0.05) is 78.9 Å². The summed E-state index contributed by atoms with van der Waals surface area (Å²) < 4.78 is 49.3. The van der Waals surface area contributed by atoms with Crippen LogP contribution in [0.2, 0.25) is 0 Å². The van der Waals surface area contributed by atoms with Gasteiger partial charge in [0.05, 0.1) is 17.8 Å². The van der Waals surface area contributed by atoms with Crippen molar-refractivity contribution in [3.63, 3.8) is 0 Å². The van der Waals surface area contributed by atoms with E-state index < -0.39 is 11.7 Å². The molecule has 1 aromatic heterocycles. The molecule has 0 unspecified atom stereocenters. The van der Waals surface area contributed by atoms with Crippen LogP contribution < -0.4 is 4.74 Å². The summed E-state index contributed by atoms with van der Waals surface area (Å²) in [6.45, 7) is 2.83. The average Bonchev–Trinajstić information content (AvgIpc) is 3.30. The van der Waals surface area contributed by atoms with Gasteiger partial charge in [0.2, 0.25) is 0 Å². The molecule has 0 radical (unpaired) electrons. The molecule has 0 N–H and O–H groups in total. The van der Waals surface area contributed by atoms with E-state index in [2.05, 4.69) is 36.3 Å². The molecule has 0 saturated carbocycles. The van der Waals surface area contributed by atoms with Gasteiger partial charge >= 0.3 is 6.18 Å². The van der Waals surface area contributed by atoms with Crippen molar-refractivity contribution in [1.29, 1.82) is 0 Å². The van der Waals surface area contributed by atoms with Crippen LogP contribution in [0.3, 0.4) is 0 Å². The van der Waals surface area contributed by atoms with Crippen LogP contribution in [0.15, 0.2) is 109 Å². The molecule has 0 aliphatic heterocycles. The zero-order valence-corrected chi connectivity index (χ0v) is 21.2. The van der Waals surface area contributed by atoms with E-state index >= 15 is 0 Å². The molecule has 1 heterocycles. The summed E-state index contributed by atoms with van der Waals surface area (Å²) in [5, 5.41) is 7.23. The number of ether oxygens (including phenoxy) is 1. The summed E-state index contributed by atoms with van der Waals surface area (Å²) in [6, 6.07) is 33.7. The molecule has 6 aromatic rings. The fourth-order valence-electron chi connectivity index (χ4n) is 5.06. The van der Waals surface area contributed by atoms with Crippen molar-refractivity contribution in [1.82, 2.24) is 9.78 Å². The molecule has 0 bridgehead atoms. The Morgan fingerprint density at radius 1 is 0.744 bits per heavy atom. The SMILES string of the molecule is Cc1ccc2ccccc2c1COc1ccc(-c2c3cccc(C(F)(F)F)c3nn2Cc2ccccc2)cc1. The minimum absolute atomic E-state index is 0.0531. The summed E-state index contributed by atoms with van der Waals surface area (Å²) in [5.41, 5.74) is 3.84. The molecule has 0 amide bonds. The highest BCUT2D eigenvalue weighted by molar-refractivity contribution is 5.95. The predicted octanol–water partition coefficient (Wildman–Crippen LogP) is 8.81. The molecule has 0 aliphatic rings. The van der Waals surface area contributed by atoms with E-state index in [1.54, 1.807) is 10.7 Å². The van der Waals surface area contributed by atoms with Crippen LogP contribution >= 0.6 is 0 Å². The maximum atomic E-state index is 13.8. The van der Waals surface area contributed by atoms with Crippen molar-refractivity contribution < 1.29 is 17.9 Å². The predicted molar refractivity (Wildman–Crippen MR) is 149 cm³/mol. The van der Waals surface area contributed by atoms with E-state index in [9.17, 15) is 13.2 Å². The molecule has 194 valence electrons. The smallest absolute Gasteiger partial charge is 0.418 e. The number of aromatic nitrogens is 2. The summed E-state index contributed by atoms with van der Waals surface area (Å²) in [5.74, 6) is 0.681. The van der Waals surface area contributed by atoms with Crippen LogP contribution in [0.25, 0.3) is 32.9 Å². The fraction of sp³-hybridized carbons (Fsp3) is 0.121. The zero-order valence-electron chi connectivity index (χ0n) is 21.2. The summed E-state index contributed by atoms with van der Waals surface area (Å²) in [4.78, 5) is 0. The van der Waals surface area contributed by atoms with Crippen molar-refractivity contribution >= 4 is 21.7 Å². The van der Waals surface area contributed by atoms with Gasteiger partial charge in [0.25, 0.3) is 0 Å². The van der Waals surface area contributed by atoms with Gasteiger partial charge in [-0.2, -0.15) is 18.3 Å². The van der Waals surface area contributed by atoms with E-state index in [4.69, 9.17) is 4.74 Å².